The Labute approximate surface area is 118 Å². The predicted molar refractivity (Wildman–Crippen MR) is 69.9 cm³/mol. The quantitative estimate of drug-likeness (QED) is 0.753. The van der Waals surface area contributed by atoms with Crippen LogP contribution in [0.2, 0.25) is 0 Å². The van der Waals surface area contributed by atoms with Crippen LogP contribution in [0.4, 0.5) is 0 Å². The van der Waals surface area contributed by atoms with Gasteiger partial charge in [-0.1, -0.05) is 12.8 Å². The van der Waals surface area contributed by atoms with Gasteiger partial charge >= 0.3 is 0 Å². The molecule has 0 spiro atoms. The molecule has 0 aromatic carbocycles. The third kappa shape index (κ3) is 2.82. The fourth-order valence-corrected chi connectivity index (χ4v) is 3.03. The summed E-state index contributed by atoms with van der Waals surface area (Å²) < 4.78 is 0. The van der Waals surface area contributed by atoms with E-state index < -0.39 is 23.3 Å². The summed E-state index contributed by atoms with van der Waals surface area (Å²) in [5.41, 5.74) is -3.03. The Morgan fingerprint density at radius 3 is 1.55 bits per heavy atom. The smallest absolute Gasteiger partial charge is 0.192 e. The van der Waals surface area contributed by atoms with E-state index in [2.05, 4.69) is 22.4 Å². The SMILES string of the molecule is N#CC1CCCCC1(O)N=NC1(O)CCCCC1C#N. The Morgan fingerprint density at radius 1 is 0.800 bits per heavy atom. The molecule has 2 N–H and O–H groups in total. The van der Waals surface area contributed by atoms with Crippen molar-refractivity contribution in [2.45, 2.75) is 62.8 Å². The van der Waals surface area contributed by atoms with E-state index in [1.54, 1.807) is 0 Å². The van der Waals surface area contributed by atoms with Crippen LogP contribution in [-0.2, 0) is 0 Å². The average molecular weight is 276 g/mol. The van der Waals surface area contributed by atoms with Crippen molar-refractivity contribution in [2.75, 3.05) is 0 Å². The highest BCUT2D eigenvalue weighted by molar-refractivity contribution is 5.02. The third-order valence-corrected chi connectivity index (χ3v) is 4.40. The van der Waals surface area contributed by atoms with Crippen LogP contribution in [0.1, 0.15) is 51.4 Å². The molecule has 6 heteroatoms. The molecular weight excluding hydrogens is 256 g/mol. The molecule has 0 amide bonds. The molecule has 2 fully saturated rings. The van der Waals surface area contributed by atoms with Gasteiger partial charge in [0.25, 0.3) is 0 Å². The lowest BCUT2D eigenvalue weighted by atomic mass is 9.82. The van der Waals surface area contributed by atoms with Gasteiger partial charge in [0, 0.05) is 0 Å². The summed E-state index contributed by atoms with van der Waals surface area (Å²) in [5, 5.41) is 47.0. The number of rotatable bonds is 2. The van der Waals surface area contributed by atoms with Crippen molar-refractivity contribution in [2.24, 2.45) is 22.1 Å². The van der Waals surface area contributed by atoms with E-state index in [9.17, 15) is 10.2 Å². The minimum Gasteiger partial charge on any atom is -0.367 e. The highest BCUT2D eigenvalue weighted by atomic mass is 16.3. The van der Waals surface area contributed by atoms with Gasteiger partial charge in [-0.25, -0.2) is 0 Å². The molecule has 0 aliphatic heterocycles. The molecule has 0 saturated heterocycles. The fraction of sp³-hybridized carbons (Fsp3) is 0.857. The van der Waals surface area contributed by atoms with E-state index in [0.29, 0.717) is 25.7 Å². The Kier molecular flexibility index (Phi) is 4.37. The molecule has 2 rings (SSSR count). The van der Waals surface area contributed by atoms with E-state index in [0.717, 1.165) is 25.7 Å². The first-order chi connectivity index (χ1) is 9.54. The van der Waals surface area contributed by atoms with Gasteiger partial charge in [-0.3, -0.25) is 0 Å². The summed E-state index contributed by atoms with van der Waals surface area (Å²) in [6.07, 6.45) is 5.28. The first kappa shape index (κ1) is 14.9. The molecule has 0 aromatic heterocycles. The average Bonchev–Trinajstić information content (AvgIpc) is 2.46. The van der Waals surface area contributed by atoms with Gasteiger partial charge in [0.05, 0.1) is 24.0 Å². The molecule has 20 heavy (non-hydrogen) atoms. The van der Waals surface area contributed by atoms with Crippen LogP contribution in [0.3, 0.4) is 0 Å². The monoisotopic (exact) mass is 276 g/mol. The Bertz CT molecular complexity index is 425. The molecule has 4 atom stereocenters. The zero-order valence-electron chi connectivity index (χ0n) is 11.5. The first-order valence-electron chi connectivity index (χ1n) is 7.22. The second kappa shape index (κ2) is 5.87. The van der Waals surface area contributed by atoms with Crippen LogP contribution in [0.25, 0.3) is 0 Å². The lowest BCUT2D eigenvalue weighted by molar-refractivity contribution is -0.0592. The van der Waals surface area contributed by atoms with Gasteiger partial charge in [0.2, 0.25) is 0 Å². The number of nitrogens with zero attached hydrogens (tertiary/aromatic N) is 4. The minimum atomic E-state index is -1.51. The van der Waals surface area contributed by atoms with Crippen molar-refractivity contribution in [3.63, 3.8) is 0 Å². The van der Waals surface area contributed by atoms with Gasteiger partial charge in [-0.2, -0.15) is 20.8 Å². The normalized spacial score (nSPS) is 42.0. The van der Waals surface area contributed by atoms with Crippen molar-refractivity contribution in [1.29, 1.82) is 10.5 Å². The number of hydrogen-bond acceptors (Lipinski definition) is 6. The van der Waals surface area contributed by atoms with Gasteiger partial charge in [-0.15, -0.1) is 0 Å². The van der Waals surface area contributed by atoms with Crippen LogP contribution in [0, 0.1) is 34.5 Å². The standard InChI is InChI=1S/C14H20N4O2/c15-9-11-5-1-3-7-13(11,19)17-18-14(20)8-4-2-6-12(14)10-16/h11-12,19-20H,1-8H2. The second-order valence-electron chi connectivity index (χ2n) is 5.81. The highest BCUT2D eigenvalue weighted by Gasteiger charge is 2.43. The molecular formula is C14H20N4O2. The van der Waals surface area contributed by atoms with E-state index in [1.165, 1.54) is 0 Å². The Balaban J connectivity index is 2.18. The van der Waals surface area contributed by atoms with Gasteiger partial charge in [0.15, 0.2) is 11.4 Å². The molecule has 0 radical (unpaired) electrons. The zero-order valence-corrected chi connectivity index (χ0v) is 11.5. The minimum absolute atomic E-state index is 0.377. The third-order valence-electron chi connectivity index (χ3n) is 4.40. The number of hydrogen-bond donors (Lipinski definition) is 2. The number of nitriles is 2. The molecule has 108 valence electrons. The van der Waals surface area contributed by atoms with E-state index >= 15 is 0 Å². The predicted octanol–water partition coefficient (Wildman–Crippen LogP) is 2.24. The summed E-state index contributed by atoms with van der Waals surface area (Å²) >= 11 is 0. The summed E-state index contributed by atoms with van der Waals surface area (Å²) in [6.45, 7) is 0. The molecule has 2 aliphatic rings. The van der Waals surface area contributed by atoms with Gasteiger partial charge in [0.1, 0.15) is 0 Å². The van der Waals surface area contributed by atoms with Crippen LogP contribution in [0.5, 0.6) is 0 Å². The maximum atomic E-state index is 10.5. The van der Waals surface area contributed by atoms with Crippen molar-refractivity contribution >= 4 is 0 Å². The van der Waals surface area contributed by atoms with Gasteiger partial charge < -0.3 is 10.2 Å². The lowest BCUT2D eigenvalue weighted by Gasteiger charge is -2.35. The number of aliphatic hydroxyl groups is 2. The van der Waals surface area contributed by atoms with Crippen LogP contribution in [0.15, 0.2) is 10.2 Å². The van der Waals surface area contributed by atoms with Crippen molar-refractivity contribution < 1.29 is 10.2 Å². The van der Waals surface area contributed by atoms with E-state index in [-0.39, 0.29) is 0 Å². The van der Waals surface area contributed by atoms with Crippen molar-refractivity contribution in [1.82, 2.24) is 0 Å². The highest BCUT2D eigenvalue weighted by Crippen LogP contribution is 2.39. The topological polar surface area (TPSA) is 113 Å². The molecule has 0 bridgehead atoms. The van der Waals surface area contributed by atoms with Crippen LogP contribution >= 0.6 is 0 Å². The maximum Gasteiger partial charge on any atom is 0.192 e. The summed E-state index contributed by atoms with van der Waals surface area (Å²) in [6, 6.07) is 4.14. The number of azo groups is 1. The molecule has 4 unspecified atom stereocenters. The summed E-state index contributed by atoms with van der Waals surface area (Å²) in [7, 11) is 0. The Morgan fingerprint density at radius 2 is 1.20 bits per heavy atom. The van der Waals surface area contributed by atoms with E-state index in [4.69, 9.17) is 10.5 Å². The van der Waals surface area contributed by atoms with Crippen molar-refractivity contribution in [3.8, 4) is 12.1 Å². The summed E-state index contributed by atoms with van der Waals surface area (Å²) in [5.74, 6) is -1.18. The van der Waals surface area contributed by atoms with E-state index in [1.807, 2.05) is 0 Å². The Hall–Kier alpha value is -1.50. The van der Waals surface area contributed by atoms with Crippen molar-refractivity contribution in [3.05, 3.63) is 0 Å². The van der Waals surface area contributed by atoms with Gasteiger partial charge in [-0.05, 0) is 38.5 Å². The first-order valence-corrected chi connectivity index (χ1v) is 7.22. The molecule has 0 aromatic rings. The zero-order chi connectivity index (χ0) is 14.6. The molecule has 0 heterocycles. The maximum absolute atomic E-state index is 10.5. The second-order valence-corrected chi connectivity index (χ2v) is 5.81. The fourth-order valence-electron chi connectivity index (χ4n) is 3.03. The molecule has 2 aliphatic carbocycles. The van der Waals surface area contributed by atoms with Crippen LogP contribution in [-0.4, -0.2) is 21.7 Å². The lowest BCUT2D eigenvalue weighted by Crippen LogP contribution is -2.41. The summed E-state index contributed by atoms with van der Waals surface area (Å²) in [4.78, 5) is 0. The largest absolute Gasteiger partial charge is 0.367 e. The molecule has 2 saturated carbocycles. The van der Waals surface area contributed by atoms with Crippen LogP contribution < -0.4 is 0 Å². The molecule has 6 nitrogen and oxygen atoms in total.